The van der Waals surface area contributed by atoms with E-state index in [1.165, 1.54) is 5.56 Å². The predicted molar refractivity (Wildman–Crippen MR) is 69.3 cm³/mol. The van der Waals surface area contributed by atoms with Crippen LogP contribution in [0.25, 0.3) is 0 Å². The molecule has 2 rings (SSSR count). The Morgan fingerprint density at radius 3 is 3.06 bits per heavy atom. The topological polar surface area (TPSA) is 28.2 Å². The third-order valence-electron chi connectivity index (χ3n) is 3.04. The first kappa shape index (κ1) is 12.0. The highest BCUT2D eigenvalue weighted by Crippen LogP contribution is 2.15. The summed E-state index contributed by atoms with van der Waals surface area (Å²) in [5, 5.41) is 3.49. The zero-order chi connectivity index (χ0) is 11.5. The first-order valence-electron chi connectivity index (χ1n) is 5.72. The fraction of sp³-hybridized carbons (Fsp3) is 0.583. The van der Waals surface area contributed by atoms with Gasteiger partial charge in [0.05, 0.1) is 0 Å². The summed E-state index contributed by atoms with van der Waals surface area (Å²) in [6, 6.07) is 3.32. The van der Waals surface area contributed by atoms with Gasteiger partial charge in [-0.25, -0.2) is 0 Å². The number of rotatable bonds is 2. The molecular weight excluding hydrogens is 266 g/mol. The van der Waals surface area contributed by atoms with E-state index in [1.54, 1.807) is 0 Å². The van der Waals surface area contributed by atoms with Crippen LogP contribution < -0.4 is 5.32 Å². The summed E-state index contributed by atoms with van der Waals surface area (Å²) in [4.78, 5) is 6.71. The Labute approximate surface area is 105 Å². The largest absolute Gasteiger partial charge is 0.311 e. The van der Waals surface area contributed by atoms with Gasteiger partial charge in [-0.15, -0.1) is 0 Å². The van der Waals surface area contributed by atoms with Crippen LogP contribution in [0, 0.1) is 0 Å². The van der Waals surface area contributed by atoms with Gasteiger partial charge in [-0.1, -0.05) is 0 Å². The van der Waals surface area contributed by atoms with Gasteiger partial charge >= 0.3 is 0 Å². The van der Waals surface area contributed by atoms with Crippen molar-refractivity contribution in [2.75, 3.05) is 13.1 Å². The van der Waals surface area contributed by atoms with E-state index in [2.05, 4.69) is 51.0 Å². The standard InChI is InChI=1S/C12H18BrN3/c1-9-7-16(10(2)4-15-9)8-11-3-12(13)6-14-5-11/h3,5-6,9-10,15H,4,7-8H2,1-2H3. The van der Waals surface area contributed by atoms with Crippen molar-refractivity contribution in [1.82, 2.24) is 15.2 Å². The van der Waals surface area contributed by atoms with Crippen LogP contribution in [0.1, 0.15) is 19.4 Å². The van der Waals surface area contributed by atoms with Gasteiger partial charge in [-0.05, 0) is 41.4 Å². The van der Waals surface area contributed by atoms with Crippen LogP contribution in [0.3, 0.4) is 0 Å². The van der Waals surface area contributed by atoms with E-state index >= 15 is 0 Å². The minimum absolute atomic E-state index is 0.580. The molecule has 88 valence electrons. The summed E-state index contributed by atoms with van der Waals surface area (Å²) >= 11 is 3.46. The number of nitrogens with one attached hydrogen (secondary N) is 1. The first-order chi connectivity index (χ1) is 7.65. The maximum Gasteiger partial charge on any atom is 0.0410 e. The van der Waals surface area contributed by atoms with Crippen LogP contribution in [0.2, 0.25) is 0 Å². The maximum absolute atomic E-state index is 4.20. The summed E-state index contributed by atoms with van der Waals surface area (Å²) in [5.41, 5.74) is 1.27. The molecule has 1 aromatic rings. The third kappa shape index (κ3) is 3.03. The molecule has 0 aliphatic carbocycles. The highest BCUT2D eigenvalue weighted by Gasteiger charge is 2.22. The molecule has 3 nitrogen and oxygen atoms in total. The maximum atomic E-state index is 4.20. The molecule has 2 unspecified atom stereocenters. The second-order valence-electron chi connectivity index (χ2n) is 4.60. The van der Waals surface area contributed by atoms with E-state index < -0.39 is 0 Å². The lowest BCUT2D eigenvalue weighted by atomic mass is 10.1. The minimum atomic E-state index is 0.580. The quantitative estimate of drug-likeness (QED) is 0.900. The highest BCUT2D eigenvalue weighted by atomic mass is 79.9. The van der Waals surface area contributed by atoms with E-state index in [-0.39, 0.29) is 0 Å². The summed E-state index contributed by atoms with van der Waals surface area (Å²) in [7, 11) is 0. The fourth-order valence-electron chi connectivity index (χ4n) is 2.09. The Kier molecular flexibility index (Phi) is 3.95. The van der Waals surface area contributed by atoms with Crippen molar-refractivity contribution in [2.24, 2.45) is 0 Å². The third-order valence-corrected chi connectivity index (χ3v) is 3.47. The summed E-state index contributed by atoms with van der Waals surface area (Å²) in [6.07, 6.45) is 3.78. The van der Waals surface area contributed by atoms with Crippen molar-refractivity contribution in [3.63, 3.8) is 0 Å². The lowest BCUT2D eigenvalue weighted by Crippen LogP contribution is -2.53. The van der Waals surface area contributed by atoms with Crippen LogP contribution in [0.15, 0.2) is 22.9 Å². The van der Waals surface area contributed by atoms with Gasteiger partial charge in [0.2, 0.25) is 0 Å². The molecule has 0 bridgehead atoms. The molecular formula is C12H18BrN3. The van der Waals surface area contributed by atoms with Crippen LogP contribution in [0.5, 0.6) is 0 Å². The van der Waals surface area contributed by atoms with Gasteiger partial charge in [0.1, 0.15) is 0 Å². The number of pyridine rings is 1. The molecule has 0 amide bonds. The number of hydrogen-bond donors (Lipinski definition) is 1. The predicted octanol–water partition coefficient (Wildman–Crippen LogP) is 2.03. The van der Waals surface area contributed by atoms with Gasteiger partial charge in [0, 0.05) is 48.6 Å². The molecule has 16 heavy (non-hydrogen) atoms. The van der Waals surface area contributed by atoms with Gasteiger partial charge in [0.25, 0.3) is 0 Å². The Bertz CT molecular complexity index is 356. The zero-order valence-electron chi connectivity index (χ0n) is 9.78. The number of piperazine rings is 1. The van der Waals surface area contributed by atoms with E-state index in [0.29, 0.717) is 12.1 Å². The summed E-state index contributed by atoms with van der Waals surface area (Å²) in [6.45, 7) is 7.66. The normalized spacial score (nSPS) is 26.9. The lowest BCUT2D eigenvalue weighted by Gasteiger charge is -2.37. The number of nitrogens with zero attached hydrogens (tertiary/aromatic N) is 2. The van der Waals surface area contributed by atoms with Crippen molar-refractivity contribution >= 4 is 15.9 Å². The van der Waals surface area contributed by atoms with Crippen LogP contribution in [-0.2, 0) is 6.54 Å². The summed E-state index contributed by atoms with van der Waals surface area (Å²) in [5.74, 6) is 0. The lowest BCUT2D eigenvalue weighted by molar-refractivity contribution is 0.138. The number of aromatic nitrogens is 1. The van der Waals surface area contributed by atoms with Gasteiger partial charge < -0.3 is 5.32 Å². The Hall–Kier alpha value is -0.450. The van der Waals surface area contributed by atoms with Gasteiger partial charge in [-0.2, -0.15) is 0 Å². The molecule has 4 heteroatoms. The zero-order valence-corrected chi connectivity index (χ0v) is 11.4. The van der Waals surface area contributed by atoms with Crippen molar-refractivity contribution < 1.29 is 0 Å². The number of halogens is 1. The fourth-order valence-corrected chi connectivity index (χ4v) is 2.51. The van der Waals surface area contributed by atoms with Crippen LogP contribution in [0.4, 0.5) is 0 Å². The molecule has 2 atom stereocenters. The molecule has 1 aliphatic rings. The summed E-state index contributed by atoms with van der Waals surface area (Å²) < 4.78 is 1.06. The SMILES string of the molecule is CC1CN(Cc2cncc(Br)c2)C(C)CN1. The van der Waals surface area contributed by atoms with Crippen LogP contribution >= 0.6 is 15.9 Å². The van der Waals surface area contributed by atoms with Crippen molar-refractivity contribution in [2.45, 2.75) is 32.5 Å². The second kappa shape index (κ2) is 5.25. The Morgan fingerprint density at radius 1 is 1.50 bits per heavy atom. The molecule has 1 aliphatic heterocycles. The Morgan fingerprint density at radius 2 is 2.31 bits per heavy atom. The van der Waals surface area contributed by atoms with Crippen LogP contribution in [-0.4, -0.2) is 35.1 Å². The van der Waals surface area contributed by atoms with E-state index in [1.807, 2.05) is 12.4 Å². The highest BCUT2D eigenvalue weighted by molar-refractivity contribution is 9.10. The minimum Gasteiger partial charge on any atom is -0.311 e. The average molecular weight is 284 g/mol. The molecule has 0 aromatic carbocycles. The molecule has 1 aromatic heterocycles. The second-order valence-corrected chi connectivity index (χ2v) is 5.51. The van der Waals surface area contributed by atoms with Gasteiger partial charge in [-0.3, -0.25) is 9.88 Å². The number of hydrogen-bond acceptors (Lipinski definition) is 3. The van der Waals surface area contributed by atoms with Crippen molar-refractivity contribution in [1.29, 1.82) is 0 Å². The van der Waals surface area contributed by atoms with Crippen molar-refractivity contribution in [3.8, 4) is 0 Å². The van der Waals surface area contributed by atoms with Crippen molar-refractivity contribution in [3.05, 3.63) is 28.5 Å². The molecule has 1 saturated heterocycles. The smallest absolute Gasteiger partial charge is 0.0410 e. The monoisotopic (exact) mass is 283 g/mol. The Balaban J connectivity index is 2.02. The molecule has 2 heterocycles. The van der Waals surface area contributed by atoms with E-state index in [0.717, 1.165) is 24.1 Å². The van der Waals surface area contributed by atoms with E-state index in [9.17, 15) is 0 Å². The average Bonchev–Trinajstić information content (AvgIpc) is 2.24. The first-order valence-corrected chi connectivity index (χ1v) is 6.51. The van der Waals surface area contributed by atoms with E-state index in [4.69, 9.17) is 0 Å². The van der Waals surface area contributed by atoms with Gasteiger partial charge in [0.15, 0.2) is 0 Å². The molecule has 0 spiro atoms. The molecule has 1 N–H and O–H groups in total. The molecule has 1 fully saturated rings. The molecule has 0 radical (unpaired) electrons. The molecule has 0 saturated carbocycles.